The summed E-state index contributed by atoms with van der Waals surface area (Å²) in [5.41, 5.74) is 15.3. The summed E-state index contributed by atoms with van der Waals surface area (Å²) in [6.45, 7) is 25.0. The molecule has 0 fully saturated rings. The molecule has 8 aromatic carbocycles. The van der Waals surface area contributed by atoms with E-state index >= 15 is 0 Å². The quantitative estimate of drug-likeness (QED) is 0.128. The summed E-state index contributed by atoms with van der Waals surface area (Å²) >= 11 is 0. The number of ether oxygens (including phenoxy) is 1. The molecule has 0 bridgehead atoms. The fourth-order valence-corrected chi connectivity index (χ4v) is 10.3. The first-order valence-corrected chi connectivity index (χ1v) is 25.5. The predicted octanol–water partition coefficient (Wildman–Crippen LogP) is 17.9. The van der Waals surface area contributed by atoms with Crippen LogP contribution in [0.1, 0.15) is 103 Å². The van der Waals surface area contributed by atoms with E-state index in [1.165, 1.54) is 44.5 Å². The van der Waals surface area contributed by atoms with Gasteiger partial charge in [-0.05, 0) is 103 Å². The van der Waals surface area contributed by atoms with Gasteiger partial charge in [0.05, 0.1) is 0 Å². The summed E-state index contributed by atoms with van der Waals surface area (Å²) in [7, 11) is 0. The number of fused-ring (bicyclic) bond motifs is 4. The predicted molar refractivity (Wildman–Crippen MR) is 304 cm³/mol. The molecule has 2 aromatic heterocycles. The molecule has 0 unspecified atom stereocenters. The van der Waals surface area contributed by atoms with E-state index in [0.717, 1.165) is 50.4 Å². The Balaban J connectivity index is 0.00000626. The molecule has 5 nitrogen and oxygen atoms in total. The number of rotatable bonds is 10. The van der Waals surface area contributed by atoms with Crippen LogP contribution in [0.15, 0.2) is 194 Å². The fourth-order valence-electron chi connectivity index (χ4n) is 10.3. The van der Waals surface area contributed by atoms with Crippen molar-refractivity contribution in [3.8, 4) is 28.4 Å². The molecule has 0 N–H and O–H groups in total. The summed E-state index contributed by atoms with van der Waals surface area (Å²) in [6.07, 6.45) is 1.93. The number of nitrogens with zero attached hydrogens (tertiary/aromatic N) is 4. The van der Waals surface area contributed by atoms with Crippen LogP contribution in [0.3, 0.4) is 0 Å². The van der Waals surface area contributed by atoms with Crippen LogP contribution in [0, 0.1) is 18.8 Å². The van der Waals surface area contributed by atoms with Crippen LogP contribution in [0.4, 0.5) is 22.7 Å². The molecule has 0 spiro atoms. The van der Waals surface area contributed by atoms with Crippen molar-refractivity contribution < 1.29 is 25.8 Å². The van der Waals surface area contributed by atoms with E-state index in [1.807, 2.05) is 24.4 Å². The molecule has 74 heavy (non-hydrogen) atoms. The van der Waals surface area contributed by atoms with Gasteiger partial charge in [0.2, 0.25) is 0 Å². The first-order valence-electron chi connectivity index (χ1n) is 25.5. The second kappa shape index (κ2) is 19.3. The first kappa shape index (κ1) is 50.3. The van der Waals surface area contributed by atoms with Crippen LogP contribution in [0.2, 0.25) is 0 Å². The number of pyridine rings is 1. The van der Waals surface area contributed by atoms with E-state index in [-0.39, 0.29) is 42.7 Å². The van der Waals surface area contributed by atoms with Crippen LogP contribution in [0.25, 0.3) is 38.8 Å². The molecule has 3 heterocycles. The van der Waals surface area contributed by atoms with Gasteiger partial charge in [0.25, 0.3) is 0 Å². The summed E-state index contributed by atoms with van der Waals surface area (Å²) in [5, 5.41) is 2.21. The monoisotopic (exact) mass is 1150 g/mol. The Bertz CT molecular complexity index is 3660. The largest absolute Gasteiger partial charge is 0.509 e. The zero-order valence-corrected chi connectivity index (χ0v) is 46.3. The Morgan fingerprint density at radius 1 is 0.446 bits per heavy atom. The Kier molecular flexibility index (Phi) is 13.1. The first-order chi connectivity index (χ1) is 34.9. The Morgan fingerprint density at radius 2 is 1.07 bits per heavy atom. The molecule has 0 amide bonds. The van der Waals surface area contributed by atoms with Gasteiger partial charge >= 0.3 is 0 Å². The third kappa shape index (κ3) is 9.37. The number of anilines is 4. The van der Waals surface area contributed by atoms with Crippen LogP contribution in [-0.2, 0) is 42.7 Å². The minimum absolute atomic E-state index is 0. The average molecular weight is 1150 g/mol. The molecule has 6 heteroatoms. The van der Waals surface area contributed by atoms with E-state index < -0.39 is 0 Å². The summed E-state index contributed by atoms with van der Waals surface area (Å²) in [6, 6.07) is 75.0. The molecule has 1 aliphatic rings. The van der Waals surface area contributed by atoms with Crippen LogP contribution in [0.5, 0.6) is 11.5 Å². The van der Waals surface area contributed by atoms with E-state index in [0.29, 0.717) is 11.5 Å². The maximum absolute atomic E-state index is 6.83. The third-order valence-corrected chi connectivity index (χ3v) is 15.1. The Hall–Kier alpha value is -7.20. The van der Waals surface area contributed by atoms with Crippen LogP contribution >= 0.6 is 0 Å². The number of benzene rings is 8. The van der Waals surface area contributed by atoms with Gasteiger partial charge in [0.15, 0.2) is 0 Å². The van der Waals surface area contributed by atoms with Crippen molar-refractivity contribution in [2.24, 2.45) is 0 Å². The number of hydrogen-bond donors (Lipinski definition) is 0. The molecule has 374 valence electrons. The normalized spacial score (nSPS) is 13.1. The zero-order chi connectivity index (χ0) is 50.9. The van der Waals surface area contributed by atoms with Crippen molar-refractivity contribution in [2.75, 3.05) is 9.80 Å². The second-order valence-electron chi connectivity index (χ2n) is 22.7. The van der Waals surface area contributed by atoms with E-state index in [1.54, 1.807) is 0 Å². The minimum atomic E-state index is -0.260. The number of hydrogen-bond acceptors (Lipinski definition) is 4. The third-order valence-electron chi connectivity index (χ3n) is 15.1. The van der Waals surface area contributed by atoms with Crippen LogP contribution < -0.4 is 14.5 Å². The maximum Gasteiger partial charge on any atom is 0.135 e. The maximum atomic E-state index is 6.83. The molecule has 1 aliphatic heterocycles. The smallest absolute Gasteiger partial charge is 0.135 e. The SMILES string of the molecule is CC(C)(C)c1cc(-c2ccccc2)cc(N2[CH-]N(c3[c-]c(Oc4[c-]c5c(cc4)c4cc(C(C)(C)c6ccccc6)ccc4n5-c4cc(C(C)(C)c5ccccc5)ccn4)ccc3)c3ccc(C(C)(C)C)cc32)c1.[Pt]. The molecule has 0 radical (unpaired) electrons. The van der Waals surface area contributed by atoms with Crippen molar-refractivity contribution in [1.82, 2.24) is 9.55 Å². The molecular weight excluding hydrogens is 1080 g/mol. The molecule has 11 rings (SSSR count). The van der Waals surface area contributed by atoms with Gasteiger partial charge in [-0.25, -0.2) is 4.98 Å². The van der Waals surface area contributed by atoms with Gasteiger partial charge in [-0.1, -0.05) is 190 Å². The molecule has 10 aromatic rings. The van der Waals surface area contributed by atoms with E-state index in [4.69, 9.17) is 9.72 Å². The molecule has 0 atom stereocenters. The van der Waals surface area contributed by atoms with Gasteiger partial charge < -0.3 is 19.1 Å². The summed E-state index contributed by atoms with van der Waals surface area (Å²) in [5.74, 6) is 2.00. The summed E-state index contributed by atoms with van der Waals surface area (Å²) < 4.78 is 9.07. The van der Waals surface area contributed by atoms with Crippen LogP contribution in [-0.4, -0.2) is 9.55 Å². The van der Waals surface area contributed by atoms with Crippen molar-refractivity contribution in [3.05, 3.63) is 246 Å². The standard InChI is InChI=1S/C68H63N4O.Pt/c1-65(2,3)50-29-34-61-63(41-50)71(55-38-47(46-21-14-11-15-22-46)37-53(39-55)66(4,5)6)45-70(61)54-27-20-28-56(43-54)73-57-31-32-58-59-40-51(67(7,8)48-23-16-12-17-24-48)30-33-60(59)72(62(58)44-57)64-42-52(35-36-69-64)68(9,10)49-25-18-13-19-26-49;/h11-42,45H,1-10H3;/q-3;. The Labute approximate surface area is 452 Å². The molecular formula is C68H63N4OPt-3. The van der Waals surface area contributed by atoms with Gasteiger partial charge in [-0.2, -0.15) is 12.1 Å². The van der Waals surface area contributed by atoms with Gasteiger partial charge in [-0.3, -0.25) is 0 Å². The molecule has 0 saturated heterocycles. The van der Waals surface area contributed by atoms with Crippen molar-refractivity contribution >= 4 is 44.6 Å². The van der Waals surface area contributed by atoms with Gasteiger partial charge in [0.1, 0.15) is 5.82 Å². The van der Waals surface area contributed by atoms with Gasteiger partial charge in [0, 0.05) is 72.2 Å². The fraction of sp³-hybridized carbons (Fsp3) is 0.206. The van der Waals surface area contributed by atoms with E-state index in [9.17, 15) is 0 Å². The number of aromatic nitrogens is 2. The second-order valence-corrected chi connectivity index (χ2v) is 22.7. The summed E-state index contributed by atoms with van der Waals surface area (Å²) in [4.78, 5) is 9.63. The average Bonchev–Trinajstić information content (AvgIpc) is 3.94. The van der Waals surface area contributed by atoms with E-state index in [2.05, 4.69) is 272 Å². The minimum Gasteiger partial charge on any atom is -0.509 e. The van der Waals surface area contributed by atoms with Crippen molar-refractivity contribution in [1.29, 1.82) is 0 Å². The Morgan fingerprint density at radius 3 is 1.73 bits per heavy atom. The van der Waals surface area contributed by atoms with Gasteiger partial charge in [-0.15, -0.1) is 48.1 Å². The van der Waals surface area contributed by atoms with Crippen molar-refractivity contribution in [3.63, 3.8) is 0 Å². The van der Waals surface area contributed by atoms with Crippen molar-refractivity contribution in [2.45, 2.75) is 90.9 Å². The molecule has 0 saturated carbocycles. The molecule has 0 aliphatic carbocycles. The topological polar surface area (TPSA) is 33.5 Å². The zero-order valence-electron chi connectivity index (χ0n) is 44.1.